The first-order valence-electron chi connectivity index (χ1n) is 9.89. The van der Waals surface area contributed by atoms with Crippen molar-refractivity contribution in [1.82, 2.24) is 5.43 Å². The van der Waals surface area contributed by atoms with Gasteiger partial charge in [0.2, 0.25) is 5.91 Å². The first-order chi connectivity index (χ1) is 13.7. The molecule has 28 heavy (non-hydrogen) atoms. The average molecular weight is 383 g/mol. The van der Waals surface area contributed by atoms with Crippen molar-refractivity contribution in [2.75, 3.05) is 7.11 Å². The van der Waals surface area contributed by atoms with E-state index >= 15 is 0 Å². The molecule has 1 N–H and O–H groups in total. The fraction of sp³-hybridized carbons (Fsp3) is 0.391. The molecule has 0 saturated carbocycles. The van der Waals surface area contributed by atoms with E-state index in [9.17, 15) is 4.79 Å². The Labute approximate surface area is 167 Å². The van der Waals surface area contributed by atoms with E-state index in [1.165, 1.54) is 19.3 Å². The van der Waals surface area contributed by atoms with Crippen molar-refractivity contribution in [1.29, 1.82) is 0 Å². The zero-order valence-corrected chi connectivity index (χ0v) is 16.8. The lowest BCUT2D eigenvalue weighted by Gasteiger charge is -2.11. The molecule has 150 valence electrons. The SMILES string of the molecule is CCCCCCCC(=O)N/N=C\c1ccc(OCc2ccccc2)c(OC)c1. The first kappa shape index (κ1) is 21.5. The normalized spacial score (nSPS) is 10.8. The van der Waals surface area contributed by atoms with Crippen molar-refractivity contribution >= 4 is 12.1 Å². The van der Waals surface area contributed by atoms with Crippen LogP contribution in [0.25, 0.3) is 0 Å². The van der Waals surface area contributed by atoms with Crippen molar-refractivity contribution in [3.05, 3.63) is 59.7 Å². The van der Waals surface area contributed by atoms with E-state index in [1.54, 1.807) is 13.3 Å². The number of hydrogen-bond donors (Lipinski definition) is 1. The molecular weight excluding hydrogens is 352 g/mol. The van der Waals surface area contributed by atoms with E-state index in [0.717, 1.165) is 24.0 Å². The maximum absolute atomic E-state index is 11.8. The molecule has 0 aliphatic heterocycles. The van der Waals surface area contributed by atoms with Gasteiger partial charge in [-0.2, -0.15) is 5.10 Å². The number of ether oxygens (including phenoxy) is 2. The molecule has 0 radical (unpaired) electrons. The van der Waals surface area contributed by atoms with E-state index < -0.39 is 0 Å². The van der Waals surface area contributed by atoms with Gasteiger partial charge in [0, 0.05) is 6.42 Å². The Morgan fingerprint density at radius 2 is 1.82 bits per heavy atom. The molecule has 1 amide bonds. The monoisotopic (exact) mass is 382 g/mol. The summed E-state index contributed by atoms with van der Waals surface area (Å²) < 4.78 is 11.3. The molecule has 0 bridgehead atoms. The Hall–Kier alpha value is -2.82. The predicted molar refractivity (Wildman–Crippen MR) is 113 cm³/mol. The summed E-state index contributed by atoms with van der Waals surface area (Å²) in [4.78, 5) is 11.8. The fourth-order valence-corrected chi connectivity index (χ4v) is 2.74. The minimum Gasteiger partial charge on any atom is -0.493 e. The largest absolute Gasteiger partial charge is 0.493 e. The van der Waals surface area contributed by atoms with Gasteiger partial charge in [-0.05, 0) is 35.7 Å². The second kappa shape index (κ2) is 12.5. The first-order valence-corrected chi connectivity index (χ1v) is 9.89. The average Bonchev–Trinajstić information content (AvgIpc) is 2.73. The Kier molecular flexibility index (Phi) is 9.62. The fourth-order valence-electron chi connectivity index (χ4n) is 2.74. The van der Waals surface area contributed by atoms with E-state index in [0.29, 0.717) is 24.5 Å². The number of unbranched alkanes of at least 4 members (excludes halogenated alkanes) is 4. The standard InChI is InChI=1S/C23H30N2O3/c1-3-4-5-6-10-13-23(26)25-24-17-20-14-15-21(22(16-20)27-2)28-18-19-11-8-7-9-12-19/h7-9,11-12,14-17H,3-6,10,13,18H2,1-2H3,(H,25,26)/b24-17-. The van der Waals surface area contributed by atoms with Gasteiger partial charge < -0.3 is 9.47 Å². The maximum atomic E-state index is 11.8. The molecule has 0 heterocycles. The van der Waals surface area contributed by atoms with Gasteiger partial charge in [-0.15, -0.1) is 0 Å². The van der Waals surface area contributed by atoms with Crippen LogP contribution in [0.3, 0.4) is 0 Å². The number of methoxy groups -OCH3 is 1. The minimum atomic E-state index is -0.0532. The number of carbonyl (C=O) groups excluding carboxylic acids is 1. The highest BCUT2D eigenvalue weighted by Crippen LogP contribution is 2.28. The van der Waals surface area contributed by atoms with Crippen molar-refractivity contribution in [2.24, 2.45) is 5.10 Å². The van der Waals surface area contributed by atoms with Gasteiger partial charge in [-0.25, -0.2) is 5.43 Å². The van der Waals surface area contributed by atoms with Gasteiger partial charge in [-0.1, -0.05) is 62.9 Å². The van der Waals surface area contributed by atoms with Gasteiger partial charge in [0.1, 0.15) is 6.61 Å². The summed E-state index contributed by atoms with van der Waals surface area (Å²) in [7, 11) is 1.60. The van der Waals surface area contributed by atoms with Crippen LogP contribution in [0.2, 0.25) is 0 Å². The van der Waals surface area contributed by atoms with Crippen LogP contribution in [0.1, 0.15) is 56.6 Å². The molecule has 0 aliphatic rings. The Balaban J connectivity index is 1.82. The van der Waals surface area contributed by atoms with E-state index in [4.69, 9.17) is 9.47 Å². The summed E-state index contributed by atoms with van der Waals surface area (Å²) in [5.41, 5.74) is 4.50. The van der Waals surface area contributed by atoms with E-state index in [2.05, 4.69) is 17.5 Å². The second-order valence-electron chi connectivity index (χ2n) is 6.64. The molecule has 0 fully saturated rings. The quantitative estimate of drug-likeness (QED) is 0.316. The molecule has 2 rings (SSSR count). The number of hydrogen-bond acceptors (Lipinski definition) is 4. The van der Waals surface area contributed by atoms with Gasteiger partial charge in [0.05, 0.1) is 13.3 Å². The molecule has 2 aromatic rings. The predicted octanol–water partition coefficient (Wildman–Crippen LogP) is 5.08. The van der Waals surface area contributed by atoms with Gasteiger partial charge >= 0.3 is 0 Å². The lowest BCUT2D eigenvalue weighted by molar-refractivity contribution is -0.121. The summed E-state index contributed by atoms with van der Waals surface area (Å²) in [5, 5.41) is 4.03. The Bertz CT molecular complexity index is 745. The van der Waals surface area contributed by atoms with Crippen LogP contribution in [0.15, 0.2) is 53.6 Å². The molecule has 5 nitrogen and oxygen atoms in total. The molecular formula is C23H30N2O3. The molecule has 5 heteroatoms. The summed E-state index contributed by atoms with van der Waals surface area (Å²) in [6.07, 6.45) is 7.73. The third-order valence-electron chi connectivity index (χ3n) is 4.34. The second-order valence-corrected chi connectivity index (χ2v) is 6.64. The molecule has 0 aliphatic carbocycles. The van der Waals surface area contributed by atoms with Crippen LogP contribution in [0.4, 0.5) is 0 Å². The van der Waals surface area contributed by atoms with Crippen LogP contribution in [0.5, 0.6) is 11.5 Å². The number of rotatable bonds is 12. The number of nitrogens with zero attached hydrogens (tertiary/aromatic N) is 1. The Morgan fingerprint density at radius 1 is 1.04 bits per heavy atom. The molecule has 0 aromatic heterocycles. The van der Waals surface area contributed by atoms with Gasteiger partial charge in [-0.3, -0.25) is 4.79 Å². The van der Waals surface area contributed by atoms with Crippen molar-refractivity contribution in [2.45, 2.75) is 52.1 Å². The summed E-state index contributed by atoms with van der Waals surface area (Å²) in [6.45, 7) is 2.65. The molecule has 0 unspecified atom stereocenters. The van der Waals surface area contributed by atoms with Crippen molar-refractivity contribution in [3.63, 3.8) is 0 Å². The highest BCUT2D eigenvalue weighted by atomic mass is 16.5. The van der Waals surface area contributed by atoms with Gasteiger partial charge in [0.25, 0.3) is 0 Å². The lowest BCUT2D eigenvalue weighted by atomic mass is 10.1. The zero-order chi connectivity index (χ0) is 20.0. The number of hydrazone groups is 1. The van der Waals surface area contributed by atoms with Gasteiger partial charge in [0.15, 0.2) is 11.5 Å². The topological polar surface area (TPSA) is 59.9 Å². The van der Waals surface area contributed by atoms with Crippen LogP contribution < -0.4 is 14.9 Å². The highest BCUT2D eigenvalue weighted by molar-refractivity contribution is 5.83. The van der Waals surface area contributed by atoms with Crippen LogP contribution >= 0.6 is 0 Å². The van der Waals surface area contributed by atoms with Crippen LogP contribution in [-0.4, -0.2) is 19.2 Å². The summed E-state index contributed by atoms with van der Waals surface area (Å²) in [6, 6.07) is 15.5. The molecule has 2 aromatic carbocycles. The summed E-state index contributed by atoms with van der Waals surface area (Å²) >= 11 is 0. The number of carbonyl (C=O) groups is 1. The Morgan fingerprint density at radius 3 is 2.57 bits per heavy atom. The number of amides is 1. The van der Waals surface area contributed by atoms with Crippen LogP contribution in [0, 0.1) is 0 Å². The molecule has 0 spiro atoms. The maximum Gasteiger partial charge on any atom is 0.240 e. The minimum absolute atomic E-state index is 0.0532. The molecule has 0 atom stereocenters. The molecule has 0 saturated heterocycles. The smallest absolute Gasteiger partial charge is 0.240 e. The summed E-state index contributed by atoms with van der Waals surface area (Å²) in [5.74, 6) is 1.24. The third kappa shape index (κ3) is 7.82. The lowest BCUT2D eigenvalue weighted by Crippen LogP contribution is -2.16. The third-order valence-corrected chi connectivity index (χ3v) is 4.34. The van der Waals surface area contributed by atoms with E-state index in [-0.39, 0.29) is 5.91 Å². The number of benzene rings is 2. The van der Waals surface area contributed by atoms with E-state index in [1.807, 2.05) is 48.5 Å². The highest BCUT2D eigenvalue weighted by Gasteiger charge is 2.06. The van der Waals surface area contributed by atoms with Crippen molar-refractivity contribution < 1.29 is 14.3 Å². The van der Waals surface area contributed by atoms with Crippen LogP contribution in [-0.2, 0) is 11.4 Å². The zero-order valence-electron chi connectivity index (χ0n) is 16.8. The van der Waals surface area contributed by atoms with Crippen molar-refractivity contribution in [3.8, 4) is 11.5 Å². The number of nitrogens with one attached hydrogen (secondary N) is 1.